The number of anilines is 1. The van der Waals surface area contributed by atoms with Gasteiger partial charge in [0.05, 0.1) is 7.11 Å². The molecular weight excluding hydrogens is 266 g/mol. The van der Waals surface area contributed by atoms with Gasteiger partial charge in [0.25, 0.3) is 5.91 Å². The quantitative estimate of drug-likeness (QED) is 0.748. The fourth-order valence-electron chi connectivity index (χ4n) is 2.03. The van der Waals surface area contributed by atoms with Crippen molar-refractivity contribution in [1.82, 2.24) is 0 Å². The minimum absolute atomic E-state index is 0.0884. The Kier molecular flexibility index (Phi) is 7.23. The number of amides is 1. The van der Waals surface area contributed by atoms with Crippen LogP contribution in [0.4, 0.5) is 5.69 Å². The van der Waals surface area contributed by atoms with E-state index in [4.69, 9.17) is 9.47 Å². The van der Waals surface area contributed by atoms with Crippen molar-refractivity contribution in [2.45, 2.75) is 52.1 Å². The molecule has 0 aliphatic rings. The second kappa shape index (κ2) is 8.67. The van der Waals surface area contributed by atoms with Crippen LogP contribution in [0, 0.1) is 0 Å². The van der Waals surface area contributed by atoms with E-state index in [-0.39, 0.29) is 5.91 Å². The minimum Gasteiger partial charge on any atom is -0.497 e. The van der Waals surface area contributed by atoms with E-state index in [1.165, 1.54) is 0 Å². The normalized spacial score (nSPS) is 13.5. The average molecular weight is 293 g/mol. The minimum atomic E-state index is -0.772. The van der Waals surface area contributed by atoms with Crippen molar-refractivity contribution in [2.75, 3.05) is 19.0 Å². The van der Waals surface area contributed by atoms with Gasteiger partial charge < -0.3 is 14.8 Å². The number of methoxy groups -OCH3 is 1. The van der Waals surface area contributed by atoms with Crippen LogP contribution in [-0.4, -0.2) is 25.2 Å². The SMILES string of the molecule is CCCCC(C)(OCCC)C(=O)Nc1ccc(OC)cc1. The molecule has 0 saturated heterocycles. The van der Waals surface area contributed by atoms with Gasteiger partial charge in [0.15, 0.2) is 0 Å². The molecule has 0 aromatic heterocycles. The highest BCUT2D eigenvalue weighted by atomic mass is 16.5. The third-order valence-electron chi connectivity index (χ3n) is 3.46. The van der Waals surface area contributed by atoms with Gasteiger partial charge in [-0.05, 0) is 44.0 Å². The van der Waals surface area contributed by atoms with Crippen LogP contribution >= 0.6 is 0 Å². The maximum atomic E-state index is 12.5. The molecule has 1 unspecified atom stereocenters. The molecule has 1 amide bonds. The van der Waals surface area contributed by atoms with Gasteiger partial charge in [-0.25, -0.2) is 0 Å². The number of nitrogens with one attached hydrogen (secondary N) is 1. The van der Waals surface area contributed by atoms with Gasteiger partial charge in [0, 0.05) is 12.3 Å². The largest absolute Gasteiger partial charge is 0.497 e. The summed E-state index contributed by atoms with van der Waals surface area (Å²) in [7, 11) is 1.62. The molecule has 118 valence electrons. The van der Waals surface area contributed by atoms with Crippen LogP contribution in [0.25, 0.3) is 0 Å². The Balaban J connectivity index is 2.73. The maximum absolute atomic E-state index is 12.5. The van der Waals surface area contributed by atoms with Gasteiger partial charge in [-0.2, -0.15) is 0 Å². The van der Waals surface area contributed by atoms with Crippen molar-refractivity contribution in [1.29, 1.82) is 0 Å². The zero-order valence-corrected chi connectivity index (χ0v) is 13.6. The lowest BCUT2D eigenvalue weighted by atomic mass is 9.97. The van der Waals surface area contributed by atoms with E-state index in [1.807, 2.05) is 38.1 Å². The molecule has 0 saturated carbocycles. The number of unbranched alkanes of at least 4 members (excludes halogenated alkanes) is 1. The topological polar surface area (TPSA) is 47.6 Å². The first kappa shape index (κ1) is 17.5. The Labute approximate surface area is 127 Å². The smallest absolute Gasteiger partial charge is 0.256 e. The molecule has 1 rings (SSSR count). The molecule has 4 heteroatoms. The molecule has 0 bridgehead atoms. The van der Waals surface area contributed by atoms with Crippen molar-refractivity contribution >= 4 is 11.6 Å². The maximum Gasteiger partial charge on any atom is 0.256 e. The van der Waals surface area contributed by atoms with Crippen molar-refractivity contribution < 1.29 is 14.3 Å². The molecule has 4 nitrogen and oxygen atoms in total. The van der Waals surface area contributed by atoms with E-state index < -0.39 is 5.60 Å². The molecule has 21 heavy (non-hydrogen) atoms. The number of rotatable bonds is 9. The summed E-state index contributed by atoms with van der Waals surface area (Å²) in [6.45, 7) is 6.62. The van der Waals surface area contributed by atoms with Gasteiger partial charge in [-0.15, -0.1) is 0 Å². The summed E-state index contributed by atoms with van der Waals surface area (Å²) < 4.78 is 10.9. The predicted octanol–water partition coefficient (Wildman–Crippen LogP) is 4.01. The van der Waals surface area contributed by atoms with E-state index in [9.17, 15) is 4.79 Å². The van der Waals surface area contributed by atoms with Crippen LogP contribution < -0.4 is 10.1 Å². The van der Waals surface area contributed by atoms with E-state index in [0.717, 1.165) is 37.1 Å². The van der Waals surface area contributed by atoms with Crippen LogP contribution in [0.15, 0.2) is 24.3 Å². The predicted molar refractivity (Wildman–Crippen MR) is 85.8 cm³/mol. The number of carbonyl (C=O) groups excluding carboxylic acids is 1. The van der Waals surface area contributed by atoms with Crippen LogP contribution in [0.1, 0.15) is 46.5 Å². The molecule has 0 spiro atoms. The van der Waals surface area contributed by atoms with Crippen molar-refractivity contribution in [3.63, 3.8) is 0 Å². The molecule has 0 radical (unpaired) electrons. The average Bonchev–Trinajstić information content (AvgIpc) is 2.51. The highest BCUT2D eigenvalue weighted by Gasteiger charge is 2.33. The number of hydrogen-bond donors (Lipinski definition) is 1. The first-order valence-electron chi connectivity index (χ1n) is 7.65. The summed E-state index contributed by atoms with van der Waals surface area (Å²) in [5, 5.41) is 2.93. The molecule has 0 aliphatic carbocycles. The van der Waals surface area contributed by atoms with Gasteiger partial charge in [-0.3, -0.25) is 4.79 Å². The van der Waals surface area contributed by atoms with Gasteiger partial charge in [0.1, 0.15) is 11.4 Å². The van der Waals surface area contributed by atoms with Gasteiger partial charge >= 0.3 is 0 Å². The van der Waals surface area contributed by atoms with E-state index in [1.54, 1.807) is 7.11 Å². The van der Waals surface area contributed by atoms with Crippen molar-refractivity contribution in [2.24, 2.45) is 0 Å². The standard InChI is InChI=1S/C17H27NO3/c1-5-7-12-17(3,21-13-6-2)16(19)18-14-8-10-15(20-4)11-9-14/h8-11H,5-7,12-13H2,1-4H3,(H,18,19). The number of carbonyl (C=O) groups is 1. The lowest BCUT2D eigenvalue weighted by Gasteiger charge is -2.28. The fourth-order valence-corrected chi connectivity index (χ4v) is 2.03. The Morgan fingerprint density at radius 1 is 1.19 bits per heavy atom. The highest BCUT2D eigenvalue weighted by Crippen LogP contribution is 2.23. The molecule has 1 N–H and O–H groups in total. The van der Waals surface area contributed by atoms with E-state index in [2.05, 4.69) is 12.2 Å². The van der Waals surface area contributed by atoms with E-state index in [0.29, 0.717) is 6.61 Å². The second-order valence-electron chi connectivity index (χ2n) is 5.37. The first-order chi connectivity index (χ1) is 10.1. The molecule has 0 heterocycles. The number of ether oxygens (including phenoxy) is 2. The monoisotopic (exact) mass is 293 g/mol. The summed E-state index contributed by atoms with van der Waals surface area (Å²) in [6.07, 6.45) is 3.64. The highest BCUT2D eigenvalue weighted by molar-refractivity contribution is 5.97. The molecule has 0 fully saturated rings. The molecule has 1 aromatic carbocycles. The Bertz CT molecular complexity index is 420. The molecule has 1 aromatic rings. The first-order valence-corrected chi connectivity index (χ1v) is 7.65. The third-order valence-corrected chi connectivity index (χ3v) is 3.46. The Morgan fingerprint density at radius 2 is 1.86 bits per heavy atom. The van der Waals surface area contributed by atoms with Crippen molar-refractivity contribution in [3.8, 4) is 5.75 Å². The lowest BCUT2D eigenvalue weighted by molar-refractivity contribution is -0.140. The fraction of sp³-hybridized carbons (Fsp3) is 0.588. The summed E-state index contributed by atoms with van der Waals surface area (Å²) >= 11 is 0. The number of hydrogen-bond acceptors (Lipinski definition) is 3. The summed E-state index contributed by atoms with van der Waals surface area (Å²) in [5.74, 6) is 0.679. The van der Waals surface area contributed by atoms with Crippen molar-refractivity contribution in [3.05, 3.63) is 24.3 Å². The summed E-state index contributed by atoms with van der Waals surface area (Å²) in [6, 6.07) is 7.31. The molecular formula is C17H27NO3. The van der Waals surface area contributed by atoms with Crippen LogP contribution in [0.2, 0.25) is 0 Å². The summed E-state index contributed by atoms with van der Waals surface area (Å²) in [4.78, 5) is 12.5. The van der Waals surface area contributed by atoms with E-state index >= 15 is 0 Å². The third kappa shape index (κ3) is 5.38. The Hall–Kier alpha value is -1.55. The lowest BCUT2D eigenvalue weighted by Crippen LogP contribution is -2.43. The van der Waals surface area contributed by atoms with Crippen LogP contribution in [0.3, 0.4) is 0 Å². The zero-order chi connectivity index (χ0) is 15.7. The van der Waals surface area contributed by atoms with Gasteiger partial charge in [-0.1, -0.05) is 26.7 Å². The Morgan fingerprint density at radius 3 is 2.38 bits per heavy atom. The molecule has 0 aliphatic heterocycles. The zero-order valence-electron chi connectivity index (χ0n) is 13.6. The van der Waals surface area contributed by atoms with Crippen LogP contribution in [-0.2, 0) is 9.53 Å². The second-order valence-corrected chi connectivity index (χ2v) is 5.37. The van der Waals surface area contributed by atoms with Gasteiger partial charge in [0.2, 0.25) is 0 Å². The summed E-state index contributed by atoms with van der Waals surface area (Å²) in [5.41, 5.74) is -0.0185. The van der Waals surface area contributed by atoms with Crippen LogP contribution in [0.5, 0.6) is 5.75 Å². The molecule has 1 atom stereocenters. The number of benzene rings is 1.